The van der Waals surface area contributed by atoms with E-state index in [1.165, 1.54) is 0 Å². The molecule has 0 N–H and O–H groups in total. The summed E-state index contributed by atoms with van der Waals surface area (Å²) in [5.74, 6) is 0.827. The van der Waals surface area contributed by atoms with Gasteiger partial charge in [-0.15, -0.1) is 0 Å². The molecule has 160 valence electrons. The Hall–Kier alpha value is -2.90. The summed E-state index contributed by atoms with van der Waals surface area (Å²) in [6.45, 7) is 3.84. The first-order valence-electron chi connectivity index (χ1n) is 10.5. The van der Waals surface area contributed by atoms with Crippen LogP contribution in [-0.4, -0.2) is 62.8 Å². The Kier molecular flexibility index (Phi) is 5.38. The van der Waals surface area contributed by atoms with Crippen molar-refractivity contribution in [1.29, 1.82) is 0 Å². The molecule has 2 aliphatic rings. The molecular weight excluding hydrogens is 414 g/mol. The van der Waals surface area contributed by atoms with Crippen molar-refractivity contribution in [2.45, 2.75) is 19.1 Å². The molecule has 4 heterocycles. The average Bonchev–Trinajstić information content (AvgIpc) is 3.37. The Morgan fingerprint density at radius 2 is 2.03 bits per heavy atom. The fraction of sp³-hybridized carbons (Fsp3) is 0.348. The second-order valence-corrected chi connectivity index (χ2v) is 8.49. The van der Waals surface area contributed by atoms with E-state index in [0.29, 0.717) is 24.5 Å². The van der Waals surface area contributed by atoms with E-state index in [0.717, 1.165) is 47.9 Å². The molecule has 3 aromatic rings. The smallest absolute Gasteiger partial charge is 0.264 e. The van der Waals surface area contributed by atoms with E-state index < -0.39 is 6.10 Å². The van der Waals surface area contributed by atoms with Crippen LogP contribution in [0, 0.1) is 0 Å². The fourth-order valence-corrected chi connectivity index (χ4v) is 4.42. The lowest BCUT2D eigenvalue weighted by molar-refractivity contribution is -0.139. The maximum Gasteiger partial charge on any atom is 0.264 e. The highest BCUT2D eigenvalue weighted by atomic mass is 35.5. The van der Waals surface area contributed by atoms with Crippen molar-refractivity contribution in [3.05, 3.63) is 65.1 Å². The first-order valence-corrected chi connectivity index (χ1v) is 10.8. The van der Waals surface area contributed by atoms with Gasteiger partial charge in [-0.05, 0) is 42.0 Å². The number of ether oxygens (including phenoxy) is 1. The number of rotatable bonds is 4. The molecule has 0 radical (unpaired) electrons. The summed E-state index contributed by atoms with van der Waals surface area (Å²) in [5.41, 5.74) is 4.09. The van der Waals surface area contributed by atoms with E-state index in [-0.39, 0.29) is 5.91 Å². The van der Waals surface area contributed by atoms with Gasteiger partial charge in [-0.1, -0.05) is 11.6 Å². The normalized spacial score (nSPS) is 18.6. The van der Waals surface area contributed by atoms with E-state index >= 15 is 0 Å². The molecule has 2 aromatic heterocycles. The van der Waals surface area contributed by atoms with Gasteiger partial charge in [0, 0.05) is 69.2 Å². The van der Waals surface area contributed by atoms with Gasteiger partial charge >= 0.3 is 0 Å². The van der Waals surface area contributed by atoms with Crippen LogP contribution < -0.4 is 4.74 Å². The van der Waals surface area contributed by atoms with E-state index in [2.05, 4.69) is 21.0 Å². The summed E-state index contributed by atoms with van der Waals surface area (Å²) in [4.78, 5) is 21.4. The molecule has 1 amide bonds. The van der Waals surface area contributed by atoms with Gasteiger partial charge in [-0.25, -0.2) is 0 Å². The summed E-state index contributed by atoms with van der Waals surface area (Å²) in [6.07, 6.45) is 3.73. The third-order valence-corrected chi connectivity index (χ3v) is 6.21. The third-order valence-electron chi connectivity index (χ3n) is 5.98. The molecular formula is C23H24ClN5O2. The van der Waals surface area contributed by atoms with Crippen LogP contribution in [0.15, 0.2) is 48.8 Å². The Morgan fingerprint density at radius 3 is 2.81 bits per heavy atom. The number of fused-ring (bicyclic) bond motifs is 1. The third kappa shape index (κ3) is 4.16. The Morgan fingerprint density at radius 1 is 1.19 bits per heavy atom. The zero-order chi connectivity index (χ0) is 21.4. The number of carbonyl (C=O) groups is 1. The minimum atomic E-state index is -0.445. The van der Waals surface area contributed by atoms with Crippen LogP contribution in [0.4, 0.5) is 0 Å². The molecule has 2 aliphatic heterocycles. The molecule has 1 aromatic carbocycles. The van der Waals surface area contributed by atoms with Gasteiger partial charge in [-0.3, -0.25) is 19.4 Å². The largest absolute Gasteiger partial charge is 0.480 e. The van der Waals surface area contributed by atoms with Crippen molar-refractivity contribution in [2.75, 3.05) is 26.2 Å². The predicted octanol–water partition coefficient (Wildman–Crippen LogP) is 2.78. The number of halogens is 1. The molecule has 0 aliphatic carbocycles. The second kappa shape index (κ2) is 8.32. The first kappa shape index (κ1) is 20.0. The maximum absolute atomic E-state index is 13.0. The number of aromatic nitrogens is 3. The zero-order valence-corrected chi connectivity index (χ0v) is 18.1. The van der Waals surface area contributed by atoms with Crippen LogP contribution in [-0.2, 0) is 24.8 Å². The molecule has 0 saturated carbocycles. The first-order chi connectivity index (χ1) is 15.1. The van der Waals surface area contributed by atoms with Gasteiger partial charge in [0.1, 0.15) is 5.75 Å². The van der Waals surface area contributed by atoms with Crippen molar-refractivity contribution in [2.24, 2.45) is 7.05 Å². The van der Waals surface area contributed by atoms with Crippen LogP contribution in [0.25, 0.3) is 11.3 Å². The quantitative estimate of drug-likeness (QED) is 0.628. The van der Waals surface area contributed by atoms with Gasteiger partial charge < -0.3 is 9.64 Å². The summed E-state index contributed by atoms with van der Waals surface area (Å²) < 4.78 is 7.80. The number of amides is 1. The SMILES string of the molecule is Cn1nc(-c2cccnc2)cc1CN1CCN(C(=O)[C@@H]2Cc3cc(Cl)ccc3O2)CC1. The molecule has 7 nitrogen and oxygen atoms in total. The molecule has 0 bridgehead atoms. The molecule has 1 atom stereocenters. The Bertz CT molecular complexity index is 1090. The van der Waals surface area contributed by atoms with Crippen LogP contribution >= 0.6 is 11.6 Å². The molecule has 0 unspecified atom stereocenters. The van der Waals surface area contributed by atoms with E-state index in [1.54, 1.807) is 12.3 Å². The Labute approximate surface area is 186 Å². The standard InChI is InChI=1S/C23H24ClN5O2/c1-27-19(13-20(26-27)16-3-2-6-25-14-16)15-28-7-9-29(10-8-28)23(30)22-12-17-11-18(24)4-5-21(17)31-22/h2-6,11,13-14,22H,7-10,12,15H2,1H3/t22-/m0/s1. The second-order valence-electron chi connectivity index (χ2n) is 8.05. The highest BCUT2D eigenvalue weighted by Crippen LogP contribution is 2.32. The molecule has 8 heteroatoms. The maximum atomic E-state index is 13.0. The topological polar surface area (TPSA) is 63.5 Å². The van der Waals surface area contributed by atoms with E-state index in [9.17, 15) is 4.79 Å². The number of piperazine rings is 1. The molecule has 1 saturated heterocycles. The van der Waals surface area contributed by atoms with Crippen molar-refractivity contribution in [3.63, 3.8) is 0 Å². The van der Waals surface area contributed by atoms with Crippen LogP contribution in [0.3, 0.4) is 0 Å². The van der Waals surface area contributed by atoms with Crippen LogP contribution in [0.2, 0.25) is 5.02 Å². The highest BCUT2D eigenvalue weighted by molar-refractivity contribution is 6.30. The number of nitrogens with zero attached hydrogens (tertiary/aromatic N) is 5. The summed E-state index contributed by atoms with van der Waals surface area (Å²) in [6, 6.07) is 11.6. The fourth-order valence-electron chi connectivity index (χ4n) is 4.22. The highest BCUT2D eigenvalue weighted by Gasteiger charge is 2.34. The van der Waals surface area contributed by atoms with Gasteiger partial charge in [0.15, 0.2) is 6.10 Å². The van der Waals surface area contributed by atoms with Crippen LogP contribution in [0.5, 0.6) is 5.75 Å². The molecule has 1 fully saturated rings. The molecule has 31 heavy (non-hydrogen) atoms. The van der Waals surface area contributed by atoms with Gasteiger partial charge in [-0.2, -0.15) is 5.10 Å². The monoisotopic (exact) mass is 437 g/mol. The summed E-state index contributed by atoms with van der Waals surface area (Å²) >= 11 is 6.06. The van der Waals surface area contributed by atoms with Crippen molar-refractivity contribution in [1.82, 2.24) is 24.6 Å². The number of benzene rings is 1. The van der Waals surface area contributed by atoms with Crippen molar-refractivity contribution in [3.8, 4) is 17.0 Å². The number of pyridine rings is 1. The lowest BCUT2D eigenvalue weighted by Crippen LogP contribution is -2.52. The molecule has 5 rings (SSSR count). The number of hydrogen-bond donors (Lipinski definition) is 0. The van der Waals surface area contributed by atoms with E-state index in [4.69, 9.17) is 16.3 Å². The average molecular weight is 438 g/mol. The zero-order valence-electron chi connectivity index (χ0n) is 17.4. The Balaban J connectivity index is 1.17. The summed E-state index contributed by atoms with van der Waals surface area (Å²) in [5, 5.41) is 5.30. The van der Waals surface area contributed by atoms with E-state index in [1.807, 2.05) is 47.1 Å². The van der Waals surface area contributed by atoms with Gasteiger partial charge in [0.25, 0.3) is 5.91 Å². The minimum Gasteiger partial charge on any atom is -0.480 e. The van der Waals surface area contributed by atoms with Gasteiger partial charge in [0.2, 0.25) is 0 Å². The minimum absolute atomic E-state index is 0.0615. The number of hydrogen-bond acceptors (Lipinski definition) is 5. The lowest BCUT2D eigenvalue weighted by Gasteiger charge is -2.35. The number of aryl methyl sites for hydroxylation is 1. The van der Waals surface area contributed by atoms with Crippen molar-refractivity contribution < 1.29 is 9.53 Å². The molecule has 0 spiro atoms. The number of carbonyl (C=O) groups excluding carboxylic acids is 1. The predicted molar refractivity (Wildman–Crippen MR) is 118 cm³/mol. The van der Waals surface area contributed by atoms with Gasteiger partial charge in [0.05, 0.1) is 11.4 Å². The summed E-state index contributed by atoms with van der Waals surface area (Å²) in [7, 11) is 1.97. The lowest BCUT2D eigenvalue weighted by atomic mass is 10.1. The van der Waals surface area contributed by atoms with Crippen molar-refractivity contribution >= 4 is 17.5 Å². The van der Waals surface area contributed by atoms with Crippen LogP contribution in [0.1, 0.15) is 11.3 Å².